The van der Waals surface area contributed by atoms with Crippen LogP contribution in [0.1, 0.15) is 17.6 Å². The van der Waals surface area contributed by atoms with Crippen molar-refractivity contribution in [1.82, 2.24) is 25.3 Å². The molecule has 0 saturated carbocycles. The predicted octanol–water partition coefficient (Wildman–Crippen LogP) is 1.77. The summed E-state index contributed by atoms with van der Waals surface area (Å²) in [5.74, 6) is -0.122. The number of benzene rings is 1. The van der Waals surface area contributed by atoms with Crippen molar-refractivity contribution in [2.24, 2.45) is 0 Å². The molecular formula is C14H15N5OS. The average molecular weight is 301 g/mol. The maximum absolute atomic E-state index is 11.9. The molecule has 2 aromatic heterocycles. The van der Waals surface area contributed by atoms with Crippen LogP contribution < -0.4 is 5.32 Å². The summed E-state index contributed by atoms with van der Waals surface area (Å²) in [5.41, 5.74) is 2.64. The van der Waals surface area contributed by atoms with Gasteiger partial charge >= 0.3 is 0 Å². The van der Waals surface area contributed by atoms with Crippen molar-refractivity contribution >= 4 is 28.3 Å². The number of aromatic nitrogens is 4. The quantitative estimate of drug-likeness (QED) is 0.779. The Morgan fingerprint density at radius 2 is 2.00 bits per heavy atom. The molecule has 3 rings (SSSR count). The van der Waals surface area contributed by atoms with Gasteiger partial charge in [0.2, 0.25) is 5.91 Å². The summed E-state index contributed by atoms with van der Waals surface area (Å²) in [6, 6.07) is 7.54. The molecule has 7 heteroatoms. The Balaban J connectivity index is 1.58. The van der Waals surface area contributed by atoms with Crippen LogP contribution in [0.2, 0.25) is 0 Å². The van der Waals surface area contributed by atoms with Crippen LogP contribution in [0.5, 0.6) is 0 Å². The molecule has 0 aliphatic heterocycles. The first kappa shape index (κ1) is 13.7. The molecule has 0 atom stereocenters. The molecule has 6 nitrogen and oxygen atoms in total. The molecule has 0 fully saturated rings. The molecule has 0 spiro atoms. The number of hydrogen-bond acceptors (Lipinski definition) is 5. The highest BCUT2D eigenvalue weighted by Crippen LogP contribution is 2.10. The lowest BCUT2D eigenvalue weighted by molar-refractivity contribution is -0.122. The van der Waals surface area contributed by atoms with E-state index in [1.807, 2.05) is 29.6 Å². The average Bonchev–Trinajstić information content (AvgIpc) is 3.10. The first-order valence-corrected chi connectivity index (χ1v) is 7.62. The minimum absolute atomic E-state index is 0.112. The van der Waals surface area contributed by atoms with Crippen LogP contribution in [0.15, 0.2) is 29.6 Å². The summed E-state index contributed by atoms with van der Waals surface area (Å²) in [4.78, 5) is 17.7. The highest BCUT2D eigenvalue weighted by Gasteiger charge is 2.08. The van der Waals surface area contributed by atoms with Crippen LogP contribution in [0.25, 0.3) is 11.0 Å². The first-order chi connectivity index (χ1) is 10.2. The number of hydrogen-bond donors (Lipinski definition) is 1. The number of rotatable bonds is 5. The molecule has 0 aliphatic rings. The molecule has 2 heterocycles. The van der Waals surface area contributed by atoms with E-state index in [-0.39, 0.29) is 12.5 Å². The maximum atomic E-state index is 11.9. The van der Waals surface area contributed by atoms with E-state index in [4.69, 9.17) is 0 Å². The fourth-order valence-corrected chi connectivity index (χ4v) is 2.74. The number of aryl methyl sites for hydroxylation is 1. The van der Waals surface area contributed by atoms with E-state index in [0.29, 0.717) is 6.54 Å². The van der Waals surface area contributed by atoms with E-state index < -0.39 is 0 Å². The lowest BCUT2D eigenvalue weighted by Crippen LogP contribution is -2.28. The van der Waals surface area contributed by atoms with Crippen LogP contribution in [0.4, 0.5) is 0 Å². The van der Waals surface area contributed by atoms with Gasteiger partial charge in [-0.2, -0.15) is 15.0 Å². The zero-order valence-corrected chi connectivity index (χ0v) is 12.4. The van der Waals surface area contributed by atoms with Gasteiger partial charge in [-0.15, -0.1) is 11.3 Å². The molecule has 1 amide bonds. The smallest absolute Gasteiger partial charge is 0.243 e. The van der Waals surface area contributed by atoms with E-state index in [1.54, 1.807) is 11.3 Å². The molecule has 0 radical (unpaired) electrons. The highest BCUT2D eigenvalue weighted by atomic mass is 32.1. The second-order valence-electron chi connectivity index (χ2n) is 4.58. The second kappa shape index (κ2) is 6.01. The van der Waals surface area contributed by atoms with Crippen molar-refractivity contribution in [3.8, 4) is 0 Å². The maximum Gasteiger partial charge on any atom is 0.243 e. The number of nitrogens with zero attached hydrogens (tertiary/aromatic N) is 4. The monoisotopic (exact) mass is 301 g/mol. The van der Waals surface area contributed by atoms with Gasteiger partial charge in [0, 0.05) is 5.38 Å². The Morgan fingerprint density at radius 1 is 1.29 bits per heavy atom. The zero-order chi connectivity index (χ0) is 14.7. The number of carbonyl (C=O) groups is 1. The van der Waals surface area contributed by atoms with Gasteiger partial charge in [-0.3, -0.25) is 4.79 Å². The highest BCUT2D eigenvalue weighted by molar-refractivity contribution is 7.09. The summed E-state index contributed by atoms with van der Waals surface area (Å²) in [6.45, 7) is 2.62. The Labute approximate surface area is 125 Å². The summed E-state index contributed by atoms with van der Waals surface area (Å²) in [5, 5.41) is 14.3. The van der Waals surface area contributed by atoms with Gasteiger partial charge in [-0.25, -0.2) is 4.98 Å². The summed E-state index contributed by atoms with van der Waals surface area (Å²) in [6.07, 6.45) is 0.911. The second-order valence-corrected chi connectivity index (χ2v) is 5.52. The van der Waals surface area contributed by atoms with Gasteiger partial charge in [0.1, 0.15) is 22.6 Å². The largest absolute Gasteiger partial charge is 0.348 e. The van der Waals surface area contributed by atoms with E-state index in [9.17, 15) is 4.79 Å². The van der Waals surface area contributed by atoms with E-state index in [1.165, 1.54) is 4.80 Å². The van der Waals surface area contributed by atoms with Gasteiger partial charge in [0.25, 0.3) is 0 Å². The molecule has 0 aliphatic carbocycles. The van der Waals surface area contributed by atoms with Crippen molar-refractivity contribution in [1.29, 1.82) is 0 Å². The standard InChI is InChI=1S/C14H15N5OS/c1-2-10-9-21-14(16-10)7-15-13(20)8-19-17-11-5-3-4-6-12(11)18-19/h3-6,9H,2,7-8H2,1H3,(H,15,20). The predicted molar refractivity (Wildman–Crippen MR) is 80.9 cm³/mol. The number of fused-ring (bicyclic) bond motifs is 1. The lowest BCUT2D eigenvalue weighted by atomic mass is 10.3. The van der Waals surface area contributed by atoms with Gasteiger partial charge in [0.15, 0.2) is 0 Å². The van der Waals surface area contributed by atoms with Gasteiger partial charge in [0.05, 0.1) is 12.2 Å². The third kappa shape index (κ3) is 3.25. The Hall–Kier alpha value is -2.28. The normalized spacial score (nSPS) is 10.9. The third-order valence-electron chi connectivity index (χ3n) is 3.01. The lowest BCUT2D eigenvalue weighted by Gasteiger charge is -2.02. The summed E-state index contributed by atoms with van der Waals surface area (Å²) in [7, 11) is 0. The molecule has 3 aromatic rings. The minimum atomic E-state index is -0.122. The van der Waals surface area contributed by atoms with Crippen molar-refractivity contribution in [2.75, 3.05) is 0 Å². The van der Waals surface area contributed by atoms with Crippen LogP contribution in [-0.2, 0) is 24.3 Å². The van der Waals surface area contributed by atoms with Crippen LogP contribution >= 0.6 is 11.3 Å². The summed E-state index contributed by atoms with van der Waals surface area (Å²) >= 11 is 1.56. The molecule has 108 valence electrons. The van der Waals surface area contributed by atoms with Crippen molar-refractivity contribution < 1.29 is 4.79 Å². The van der Waals surface area contributed by atoms with E-state index in [2.05, 4.69) is 27.4 Å². The Bertz CT molecular complexity index is 730. The molecule has 1 aromatic carbocycles. The molecule has 21 heavy (non-hydrogen) atoms. The van der Waals surface area contributed by atoms with E-state index >= 15 is 0 Å². The molecule has 0 bridgehead atoms. The summed E-state index contributed by atoms with van der Waals surface area (Å²) < 4.78 is 0. The minimum Gasteiger partial charge on any atom is -0.348 e. The van der Waals surface area contributed by atoms with Gasteiger partial charge in [-0.1, -0.05) is 19.1 Å². The fraction of sp³-hybridized carbons (Fsp3) is 0.286. The van der Waals surface area contributed by atoms with Crippen LogP contribution in [0, 0.1) is 0 Å². The fourth-order valence-electron chi connectivity index (χ4n) is 1.93. The number of carbonyl (C=O) groups excluding carboxylic acids is 1. The third-order valence-corrected chi connectivity index (χ3v) is 3.91. The first-order valence-electron chi connectivity index (χ1n) is 6.74. The van der Waals surface area contributed by atoms with Crippen molar-refractivity contribution in [2.45, 2.75) is 26.4 Å². The SMILES string of the molecule is CCc1csc(CNC(=O)Cn2nc3ccccc3n2)n1. The number of thiazole rings is 1. The Kier molecular flexibility index (Phi) is 3.92. The Morgan fingerprint density at radius 3 is 2.62 bits per heavy atom. The van der Waals surface area contributed by atoms with Crippen LogP contribution in [-0.4, -0.2) is 25.9 Å². The van der Waals surface area contributed by atoms with Crippen LogP contribution in [0.3, 0.4) is 0 Å². The molecular weight excluding hydrogens is 286 g/mol. The topological polar surface area (TPSA) is 72.7 Å². The van der Waals surface area contributed by atoms with Crippen molar-refractivity contribution in [3.05, 3.63) is 40.3 Å². The molecule has 0 unspecified atom stereocenters. The van der Waals surface area contributed by atoms with Crippen molar-refractivity contribution in [3.63, 3.8) is 0 Å². The van der Waals surface area contributed by atoms with Gasteiger partial charge in [-0.05, 0) is 18.6 Å². The molecule has 0 saturated heterocycles. The number of amides is 1. The van der Waals surface area contributed by atoms with Gasteiger partial charge < -0.3 is 5.32 Å². The molecule has 1 N–H and O–H groups in total. The number of nitrogens with one attached hydrogen (secondary N) is 1. The van der Waals surface area contributed by atoms with E-state index in [0.717, 1.165) is 28.2 Å². The zero-order valence-electron chi connectivity index (χ0n) is 11.6.